The number of hydrogen-bond acceptors (Lipinski definition) is 5. The SMILES string of the molecule is CCOc1ccc(NC(=O)c2ccccc2NC(=O)c2ccccc2)cc1S(=O)(=O)N(CC)CC. The van der Waals surface area contributed by atoms with Crippen LogP contribution in [-0.4, -0.2) is 44.2 Å². The summed E-state index contributed by atoms with van der Waals surface area (Å²) in [7, 11) is -3.83. The highest BCUT2D eigenvalue weighted by Gasteiger charge is 2.26. The van der Waals surface area contributed by atoms with E-state index in [9.17, 15) is 18.0 Å². The number of amides is 2. The van der Waals surface area contributed by atoms with Crippen LogP contribution < -0.4 is 15.4 Å². The molecule has 2 N–H and O–H groups in total. The zero-order valence-electron chi connectivity index (χ0n) is 19.9. The van der Waals surface area contributed by atoms with Gasteiger partial charge in [-0.15, -0.1) is 0 Å². The van der Waals surface area contributed by atoms with Crippen LogP contribution in [0, 0.1) is 0 Å². The molecule has 3 rings (SSSR count). The second kappa shape index (κ2) is 11.6. The van der Waals surface area contributed by atoms with Gasteiger partial charge < -0.3 is 15.4 Å². The Morgan fingerprint density at radius 1 is 0.829 bits per heavy atom. The Morgan fingerprint density at radius 2 is 1.49 bits per heavy atom. The highest BCUT2D eigenvalue weighted by atomic mass is 32.2. The molecule has 184 valence electrons. The van der Waals surface area contributed by atoms with Crippen LogP contribution in [0.25, 0.3) is 0 Å². The fourth-order valence-corrected chi connectivity index (χ4v) is 5.15. The molecular weight excluding hydrogens is 466 g/mol. The van der Waals surface area contributed by atoms with E-state index in [0.717, 1.165) is 0 Å². The van der Waals surface area contributed by atoms with Gasteiger partial charge in [0.2, 0.25) is 10.0 Å². The van der Waals surface area contributed by atoms with E-state index < -0.39 is 15.9 Å². The first-order chi connectivity index (χ1) is 16.8. The molecule has 35 heavy (non-hydrogen) atoms. The third kappa shape index (κ3) is 6.06. The number of sulfonamides is 1. The van der Waals surface area contributed by atoms with E-state index in [2.05, 4.69) is 10.6 Å². The van der Waals surface area contributed by atoms with Gasteiger partial charge >= 0.3 is 0 Å². The minimum Gasteiger partial charge on any atom is -0.492 e. The van der Waals surface area contributed by atoms with Gasteiger partial charge in [-0.3, -0.25) is 9.59 Å². The highest BCUT2D eigenvalue weighted by molar-refractivity contribution is 7.89. The van der Waals surface area contributed by atoms with Gasteiger partial charge in [0.25, 0.3) is 11.8 Å². The molecule has 8 nitrogen and oxygen atoms in total. The Labute approximate surface area is 206 Å². The van der Waals surface area contributed by atoms with Crippen LogP contribution in [0.2, 0.25) is 0 Å². The van der Waals surface area contributed by atoms with E-state index in [1.165, 1.54) is 16.4 Å². The summed E-state index contributed by atoms with van der Waals surface area (Å²) in [5.41, 5.74) is 1.31. The van der Waals surface area contributed by atoms with Crippen LogP contribution in [0.3, 0.4) is 0 Å². The number of benzene rings is 3. The number of carbonyl (C=O) groups is 2. The number of anilines is 2. The monoisotopic (exact) mass is 495 g/mol. The quantitative estimate of drug-likeness (QED) is 0.427. The van der Waals surface area contributed by atoms with Crippen molar-refractivity contribution < 1.29 is 22.7 Å². The predicted molar refractivity (Wildman–Crippen MR) is 137 cm³/mol. The maximum Gasteiger partial charge on any atom is 0.257 e. The van der Waals surface area contributed by atoms with Crippen molar-refractivity contribution in [2.24, 2.45) is 0 Å². The summed E-state index contributed by atoms with van der Waals surface area (Å²) >= 11 is 0. The fourth-order valence-electron chi connectivity index (χ4n) is 3.54. The van der Waals surface area contributed by atoms with E-state index in [1.54, 1.807) is 75.4 Å². The van der Waals surface area contributed by atoms with Crippen LogP contribution in [-0.2, 0) is 10.0 Å². The topological polar surface area (TPSA) is 105 Å². The van der Waals surface area contributed by atoms with Crippen LogP contribution in [0.5, 0.6) is 5.75 Å². The van der Waals surface area contributed by atoms with Crippen molar-refractivity contribution in [1.82, 2.24) is 4.31 Å². The number of para-hydroxylation sites is 1. The zero-order chi connectivity index (χ0) is 25.4. The molecule has 0 atom stereocenters. The maximum atomic E-state index is 13.2. The van der Waals surface area contributed by atoms with Crippen LogP contribution in [0.15, 0.2) is 77.7 Å². The summed E-state index contributed by atoms with van der Waals surface area (Å²) in [6.45, 7) is 6.18. The maximum absolute atomic E-state index is 13.2. The van der Waals surface area contributed by atoms with Crippen molar-refractivity contribution in [2.45, 2.75) is 25.7 Å². The first-order valence-corrected chi connectivity index (χ1v) is 12.8. The van der Waals surface area contributed by atoms with Crippen molar-refractivity contribution in [1.29, 1.82) is 0 Å². The molecule has 0 aliphatic rings. The van der Waals surface area contributed by atoms with Gasteiger partial charge in [-0.2, -0.15) is 4.31 Å². The number of nitrogens with one attached hydrogen (secondary N) is 2. The Kier molecular flexibility index (Phi) is 8.62. The van der Waals surface area contributed by atoms with Gasteiger partial charge in [0.15, 0.2) is 0 Å². The Hall–Kier alpha value is -3.69. The molecule has 0 spiro atoms. The minimum atomic E-state index is -3.83. The third-order valence-electron chi connectivity index (χ3n) is 5.28. The highest BCUT2D eigenvalue weighted by Crippen LogP contribution is 2.30. The molecule has 0 heterocycles. The van der Waals surface area contributed by atoms with Gasteiger partial charge in [-0.05, 0) is 49.4 Å². The van der Waals surface area contributed by atoms with E-state index in [0.29, 0.717) is 30.9 Å². The lowest BCUT2D eigenvalue weighted by Crippen LogP contribution is -2.31. The van der Waals surface area contributed by atoms with E-state index in [4.69, 9.17) is 4.74 Å². The third-order valence-corrected chi connectivity index (χ3v) is 7.35. The zero-order valence-corrected chi connectivity index (χ0v) is 20.8. The average Bonchev–Trinajstić information content (AvgIpc) is 2.86. The van der Waals surface area contributed by atoms with Crippen molar-refractivity contribution in [2.75, 3.05) is 30.3 Å². The molecule has 3 aromatic carbocycles. The number of ether oxygens (including phenoxy) is 1. The van der Waals surface area contributed by atoms with Crippen molar-refractivity contribution in [3.63, 3.8) is 0 Å². The lowest BCUT2D eigenvalue weighted by atomic mass is 10.1. The van der Waals surface area contributed by atoms with Crippen molar-refractivity contribution >= 4 is 33.2 Å². The fraction of sp³-hybridized carbons (Fsp3) is 0.231. The molecule has 0 radical (unpaired) electrons. The number of rotatable bonds is 10. The van der Waals surface area contributed by atoms with Gasteiger partial charge in [-0.25, -0.2) is 8.42 Å². The smallest absolute Gasteiger partial charge is 0.257 e. The summed E-state index contributed by atoms with van der Waals surface area (Å²) in [5.74, 6) is -0.628. The Morgan fingerprint density at radius 3 is 2.14 bits per heavy atom. The second-order valence-corrected chi connectivity index (χ2v) is 9.41. The summed E-state index contributed by atoms with van der Waals surface area (Å²) in [6.07, 6.45) is 0. The standard InChI is InChI=1S/C26H29N3O5S/c1-4-29(5-2)35(32,33)24-18-20(16-17-23(24)34-6-3)27-26(31)21-14-10-11-15-22(21)28-25(30)19-12-8-7-9-13-19/h7-18H,4-6H2,1-3H3,(H,27,31)(H,28,30). The molecule has 0 aliphatic carbocycles. The van der Waals surface area contributed by atoms with E-state index >= 15 is 0 Å². The molecule has 0 aromatic heterocycles. The molecule has 0 saturated heterocycles. The van der Waals surface area contributed by atoms with Gasteiger partial charge in [0, 0.05) is 24.3 Å². The molecule has 0 saturated carbocycles. The molecular formula is C26H29N3O5S. The lowest BCUT2D eigenvalue weighted by molar-refractivity contribution is 0.102. The molecule has 3 aromatic rings. The van der Waals surface area contributed by atoms with Crippen molar-refractivity contribution in [3.05, 3.63) is 83.9 Å². The lowest BCUT2D eigenvalue weighted by Gasteiger charge is -2.21. The number of hydrogen-bond donors (Lipinski definition) is 2. The molecule has 0 fully saturated rings. The first kappa shape index (κ1) is 25.9. The molecule has 0 aliphatic heterocycles. The van der Waals surface area contributed by atoms with Gasteiger partial charge in [-0.1, -0.05) is 44.2 Å². The molecule has 0 bridgehead atoms. The summed E-state index contributed by atoms with van der Waals surface area (Å²) in [4.78, 5) is 25.7. The number of nitrogens with zero attached hydrogens (tertiary/aromatic N) is 1. The summed E-state index contributed by atoms with van der Waals surface area (Å²) < 4.78 is 33.3. The second-order valence-electron chi connectivity index (χ2n) is 7.50. The van der Waals surface area contributed by atoms with Crippen LogP contribution >= 0.6 is 0 Å². The normalized spacial score (nSPS) is 11.2. The predicted octanol–water partition coefficient (Wildman–Crippen LogP) is 4.62. The molecule has 0 unspecified atom stereocenters. The number of carbonyl (C=O) groups excluding carboxylic acids is 2. The Bertz CT molecular complexity index is 1290. The van der Waals surface area contributed by atoms with Crippen molar-refractivity contribution in [3.8, 4) is 5.75 Å². The molecule has 2 amide bonds. The van der Waals surface area contributed by atoms with Gasteiger partial charge in [0.05, 0.1) is 17.9 Å². The minimum absolute atomic E-state index is 0.0217. The molecule has 9 heteroatoms. The summed E-state index contributed by atoms with van der Waals surface area (Å²) in [6, 6.07) is 19.8. The van der Waals surface area contributed by atoms with Gasteiger partial charge in [0.1, 0.15) is 10.6 Å². The summed E-state index contributed by atoms with van der Waals surface area (Å²) in [5, 5.41) is 5.50. The van der Waals surface area contributed by atoms with E-state index in [-0.39, 0.29) is 27.8 Å². The van der Waals surface area contributed by atoms with Crippen LogP contribution in [0.4, 0.5) is 11.4 Å². The largest absolute Gasteiger partial charge is 0.492 e. The van der Waals surface area contributed by atoms with Crippen LogP contribution in [0.1, 0.15) is 41.5 Å². The average molecular weight is 496 g/mol. The first-order valence-electron chi connectivity index (χ1n) is 11.4. The van der Waals surface area contributed by atoms with E-state index in [1.807, 2.05) is 6.07 Å². The Balaban J connectivity index is 1.90.